The average Bonchev–Trinajstić information content (AvgIpc) is 3.01. The number of hydrogen-bond acceptors (Lipinski definition) is 5. The van der Waals surface area contributed by atoms with Crippen LogP contribution < -0.4 is 19.5 Å². The minimum atomic E-state index is -0.342. The molecule has 6 heteroatoms. The van der Waals surface area contributed by atoms with Crippen molar-refractivity contribution in [3.63, 3.8) is 0 Å². The summed E-state index contributed by atoms with van der Waals surface area (Å²) in [6.45, 7) is 3.57. The molecule has 0 saturated carbocycles. The lowest BCUT2D eigenvalue weighted by atomic mass is 10.0. The Morgan fingerprint density at radius 1 is 1.33 bits per heavy atom. The van der Waals surface area contributed by atoms with E-state index in [0.29, 0.717) is 23.7 Å². The Kier molecular flexibility index (Phi) is 4.45. The van der Waals surface area contributed by atoms with Crippen LogP contribution in [0.25, 0.3) is 0 Å². The summed E-state index contributed by atoms with van der Waals surface area (Å²) in [4.78, 5) is 2.31. The number of ether oxygens (including phenoxy) is 3. The molecule has 1 aromatic carbocycles. The maximum Gasteiger partial charge on any atom is 0.231 e. The quantitative estimate of drug-likeness (QED) is 0.896. The Bertz CT molecular complexity index is 492. The predicted octanol–water partition coefficient (Wildman–Crippen LogP) is 1.73. The minimum absolute atomic E-state index is 0.0421. The number of halogens is 1. The molecule has 0 unspecified atom stereocenters. The molecule has 1 fully saturated rings. The SMILES string of the molecule is COc1cc([C@H](CCF)N2CCNCC2)cc2c1OCO2. The van der Waals surface area contributed by atoms with Crippen molar-refractivity contribution in [2.45, 2.75) is 12.5 Å². The standard InChI is InChI=1S/C15H21FN2O3/c1-19-13-8-11(9-14-15(13)21-10-20-14)12(2-3-16)18-6-4-17-5-7-18/h8-9,12,17H,2-7,10H2,1H3/t12-/m0/s1. The molecule has 2 aliphatic heterocycles. The van der Waals surface area contributed by atoms with Crippen LogP contribution in [0.15, 0.2) is 12.1 Å². The first-order valence-corrected chi connectivity index (χ1v) is 7.31. The maximum atomic E-state index is 13.0. The first-order valence-electron chi connectivity index (χ1n) is 7.31. The van der Waals surface area contributed by atoms with E-state index in [2.05, 4.69) is 10.2 Å². The molecular weight excluding hydrogens is 275 g/mol. The van der Waals surface area contributed by atoms with Crippen LogP contribution >= 0.6 is 0 Å². The van der Waals surface area contributed by atoms with E-state index in [1.54, 1.807) is 7.11 Å². The fraction of sp³-hybridized carbons (Fsp3) is 0.600. The van der Waals surface area contributed by atoms with Crippen molar-refractivity contribution in [3.8, 4) is 17.2 Å². The molecular formula is C15H21FN2O3. The lowest BCUT2D eigenvalue weighted by Gasteiger charge is -2.35. The highest BCUT2D eigenvalue weighted by molar-refractivity contribution is 5.55. The predicted molar refractivity (Wildman–Crippen MR) is 76.9 cm³/mol. The Labute approximate surface area is 124 Å². The van der Waals surface area contributed by atoms with Gasteiger partial charge < -0.3 is 19.5 Å². The van der Waals surface area contributed by atoms with Gasteiger partial charge in [-0.25, -0.2) is 0 Å². The van der Waals surface area contributed by atoms with E-state index in [4.69, 9.17) is 14.2 Å². The van der Waals surface area contributed by atoms with Gasteiger partial charge in [-0.1, -0.05) is 0 Å². The first-order chi connectivity index (χ1) is 10.3. The van der Waals surface area contributed by atoms with E-state index >= 15 is 0 Å². The summed E-state index contributed by atoms with van der Waals surface area (Å²) in [7, 11) is 1.61. The molecule has 2 heterocycles. The van der Waals surface area contributed by atoms with Crippen LogP contribution in [-0.2, 0) is 0 Å². The number of rotatable bonds is 5. The van der Waals surface area contributed by atoms with Crippen LogP contribution in [0.2, 0.25) is 0 Å². The molecule has 1 saturated heterocycles. The summed E-state index contributed by atoms with van der Waals surface area (Å²) in [5.41, 5.74) is 1.02. The molecule has 3 rings (SSSR count). The van der Waals surface area contributed by atoms with Gasteiger partial charge in [0.1, 0.15) is 0 Å². The van der Waals surface area contributed by atoms with Crippen molar-refractivity contribution < 1.29 is 18.6 Å². The van der Waals surface area contributed by atoms with Crippen LogP contribution in [0.5, 0.6) is 17.2 Å². The van der Waals surface area contributed by atoms with E-state index in [9.17, 15) is 4.39 Å². The molecule has 5 nitrogen and oxygen atoms in total. The van der Waals surface area contributed by atoms with Crippen molar-refractivity contribution in [3.05, 3.63) is 17.7 Å². The number of methoxy groups -OCH3 is 1. The second-order valence-corrected chi connectivity index (χ2v) is 5.24. The molecule has 116 valence electrons. The fourth-order valence-electron chi connectivity index (χ4n) is 3.00. The molecule has 1 aromatic rings. The zero-order chi connectivity index (χ0) is 14.7. The number of alkyl halides is 1. The Balaban J connectivity index is 1.91. The number of fused-ring (bicyclic) bond motifs is 1. The van der Waals surface area contributed by atoms with Gasteiger partial charge in [-0.05, 0) is 24.1 Å². The van der Waals surface area contributed by atoms with Crippen molar-refractivity contribution in [1.29, 1.82) is 0 Å². The largest absolute Gasteiger partial charge is 0.493 e. The number of hydrogen-bond donors (Lipinski definition) is 1. The van der Waals surface area contributed by atoms with Gasteiger partial charge in [-0.15, -0.1) is 0 Å². The molecule has 0 radical (unpaired) electrons. The zero-order valence-corrected chi connectivity index (χ0v) is 12.2. The van der Waals surface area contributed by atoms with Gasteiger partial charge in [0.25, 0.3) is 0 Å². The Morgan fingerprint density at radius 2 is 2.14 bits per heavy atom. The van der Waals surface area contributed by atoms with Crippen LogP contribution in [0.1, 0.15) is 18.0 Å². The van der Waals surface area contributed by atoms with E-state index in [1.165, 1.54) is 0 Å². The summed E-state index contributed by atoms with van der Waals surface area (Å²) in [6.07, 6.45) is 0.475. The van der Waals surface area contributed by atoms with Gasteiger partial charge in [-0.3, -0.25) is 9.29 Å². The monoisotopic (exact) mass is 296 g/mol. The molecule has 0 spiro atoms. The van der Waals surface area contributed by atoms with Crippen LogP contribution in [0, 0.1) is 0 Å². The highest BCUT2D eigenvalue weighted by Gasteiger charge is 2.27. The second-order valence-electron chi connectivity index (χ2n) is 5.24. The molecule has 0 aliphatic carbocycles. The van der Waals surface area contributed by atoms with Gasteiger partial charge in [0.05, 0.1) is 13.8 Å². The van der Waals surface area contributed by atoms with Gasteiger partial charge in [-0.2, -0.15) is 0 Å². The van der Waals surface area contributed by atoms with Gasteiger partial charge >= 0.3 is 0 Å². The van der Waals surface area contributed by atoms with Crippen LogP contribution in [0.3, 0.4) is 0 Å². The number of piperazine rings is 1. The highest BCUT2D eigenvalue weighted by atomic mass is 19.1. The third kappa shape index (κ3) is 2.91. The highest BCUT2D eigenvalue weighted by Crippen LogP contribution is 2.44. The zero-order valence-electron chi connectivity index (χ0n) is 12.2. The molecule has 0 amide bonds. The maximum absolute atomic E-state index is 13.0. The first kappa shape index (κ1) is 14.4. The van der Waals surface area contributed by atoms with E-state index in [-0.39, 0.29) is 19.5 Å². The summed E-state index contributed by atoms with van der Waals surface area (Å²) in [6, 6.07) is 3.93. The molecule has 0 bridgehead atoms. The summed E-state index contributed by atoms with van der Waals surface area (Å²) in [5.74, 6) is 1.97. The molecule has 2 aliphatic rings. The molecule has 0 aromatic heterocycles. The smallest absolute Gasteiger partial charge is 0.231 e. The summed E-state index contributed by atoms with van der Waals surface area (Å²) >= 11 is 0. The normalized spacial score (nSPS) is 19.5. The fourth-order valence-corrected chi connectivity index (χ4v) is 3.00. The van der Waals surface area contributed by atoms with Crippen LogP contribution in [-0.4, -0.2) is 51.7 Å². The van der Waals surface area contributed by atoms with Crippen LogP contribution in [0.4, 0.5) is 4.39 Å². The summed E-state index contributed by atoms with van der Waals surface area (Å²) in [5, 5.41) is 3.32. The Morgan fingerprint density at radius 3 is 2.86 bits per heavy atom. The molecule has 1 N–H and O–H groups in total. The minimum Gasteiger partial charge on any atom is -0.493 e. The number of nitrogens with zero attached hydrogens (tertiary/aromatic N) is 1. The van der Waals surface area contributed by atoms with E-state index in [1.807, 2.05) is 12.1 Å². The van der Waals surface area contributed by atoms with E-state index < -0.39 is 0 Å². The van der Waals surface area contributed by atoms with E-state index in [0.717, 1.165) is 31.7 Å². The van der Waals surface area contributed by atoms with Gasteiger partial charge in [0.2, 0.25) is 12.5 Å². The Hall–Kier alpha value is -1.53. The topological polar surface area (TPSA) is 43.0 Å². The number of nitrogens with one attached hydrogen (secondary N) is 1. The third-order valence-electron chi connectivity index (χ3n) is 4.04. The lowest BCUT2D eigenvalue weighted by Crippen LogP contribution is -2.45. The lowest BCUT2D eigenvalue weighted by molar-refractivity contribution is 0.157. The molecule has 21 heavy (non-hydrogen) atoms. The van der Waals surface area contributed by atoms with Crippen molar-refractivity contribution in [2.75, 3.05) is 46.8 Å². The van der Waals surface area contributed by atoms with Gasteiger partial charge in [0.15, 0.2) is 11.5 Å². The second kappa shape index (κ2) is 6.49. The van der Waals surface area contributed by atoms with Crippen molar-refractivity contribution in [2.24, 2.45) is 0 Å². The third-order valence-corrected chi connectivity index (χ3v) is 4.04. The van der Waals surface area contributed by atoms with Crippen molar-refractivity contribution >= 4 is 0 Å². The summed E-state index contributed by atoms with van der Waals surface area (Å²) < 4.78 is 29.3. The van der Waals surface area contributed by atoms with Crippen molar-refractivity contribution in [1.82, 2.24) is 10.2 Å². The molecule has 1 atom stereocenters. The van der Waals surface area contributed by atoms with Gasteiger partial charge in [0, 0.05) is 32.2 Å². The number of benzene rings is 1. The average molecular weight is 296 g/mol.